The fourth-order valence-electron chi connectivity index (χ4n) is 2.46. The normalized spacial score (nSPS) is 11.6. The Kier molecular flexibility index (Phi) is 9.96. The zero-order chi connectivity index (χ0) is 17.0. The van der Waals surface area contributed by atoms with Gasteiger partial charge >= 0.3 is 0 Å². The molecule has 132 valence electrons. The van der Waals surface area contributed by atoms with E-state index in [1.54, 1.807) is 0 Å². The summed E-state index contributed by atoms with van der Waals surface area (Å²) in [7, 11) is -3.91. The molecule has 4 nitrogen and oxygen atoms in total. The molecule has 0 atom stereocenters. The topological polar surface area (TPSA) is 63.6 Å². The second-order valence-electron chi connectivity index (χ2n) is 6.01. The number of benzene rings is 1. The van der Waals surface area contributed by atoms with Crippen LogP contribution in [-0.4, -0.2) is 25.3 Å². The average Bonchev–Trinajstić information content (AvgIpc) is 2.51. The van der Waals surface area contributed by atoms with Crippen molar-refractivity contribution in [1.29, 1.82) is 0 Å². The SMILES string of the molecule is CCCCCCCCCCOc1cccc(CCS(=O)(=O)O)c1. The highest BCUT2D eigenvalue weighted by atomic mass is 32.2. The summed E-state index contributed by atoms with van der Waals surface area (Å²) in [4.78, 5) is 0. The number of ether oxygens (including phenoxy) is 1. The predicted octanol–water partition coefficient (Wildman–Crippen LogP) is 4.64. The second kappa shape index (κ2) is 11.5. The lowest BCUT2D eigenvalue weighted by molar-refractivity contribution is 0.304. The van der Waals surface area contributed by atoms with E-state index in [0.717, 1.165) is 17.7 Å². The van der Waals surface area contributed by atoms with E-state index < -0.39 is 10.1 Å². The Morgan fingerprint density at radius 3 is 2.30 bits per heavy atom. The number of hydrogen-bond acceptors (Lipinski definition) is 3. The van der Waals surface area contributed by atoms with Gasteiger partial charge in [-0.25, -0.2) is 0 Å². The first-order valence-electron chi connectivity index (χ1n) is 8.68. The number of rotatable bonds is 13. The molecular formula is C18H30O4S. The Morgan fingerprint density at radius 1 is 1.00 bits per heavy atom. The van der Waals surface area contributed by atoms with Crippen LogP contribution >= 0.6 is 0 Å². The second-order valence-corrected chi connectivity index (χ2v) is 7.58. The van der Waals surface area contributed by atoms with Gasteiger partial charge in [0.1, 0.15) is 5.75 Å². The van der Waals surface area contributed by atoms with Gasteiger partial charge in [0.25, 0.3) is 10.1 Å². The first kappa shape index (κ1) is 20.0. The highest BCUT2D eigenvalue weighted by molar-refractivity contribution is 7.85. The first-order valence-corrected chi connectivity index (χ1v) is 10.3. The van der Waals surface area contributed by atoms with Gasteiger partial charge < -0.3 is 4.74 Å². The summed E-state index contributed by atoms with van der Waals surface area (Å²) in [5.74, 6) is 0.509. The minimum absolute atomic E-state index is 0.255. The van der Waals surface area contributed by atoms with Gasteiger partial charge in [-0.3, -0.25) is 4.55 Å². The van der Waals surface area contributed by atoms with Gasteiger partial charge in [0.05, 0.1) is 12.4 Å². The Balaban J connectivity index is 2.15. The number of aryl methyl sites for hydroxylation is 1. The van der Waals surface area contributed by atoms with Crippen LogP contribution in [0.1, 0.15) is 63.9 Å². The molecule has 1 aromatic carbocycles. The predicted molar refractivity (Wildman–Crippen MR) is 94.7 cm³/mol. The van der Waals surface area contributed by atoms with Crippen LogP contribution in [0.3, 0.4) is 0 Å². The van der Waals surface area contributed by atoms with Crippen molar-refractivity contribution in [2.24, 2.45) is 0 Å². The van der Waals surface area contributed by atoms with Crippen molar-refractivity contribution < 1.29 is 17.7 Å². The van der Waals surface area contributed by atoms with Gasteiger partial charge in [-0.2, -0.15) is 8.42 Å². The van der Waals surface area contributed by atoms with E-state index in [1.165, 1.54) is 44.9 Å². The smallest absolute Gasteiger partial charge is 0.265 e. The molecule has 0 aliphatic rings. The molecule has 5 heteroatoms. The molecule has 0 aliphatic carbocycles. The zero-order valence-corrected chi connectivity index (χ0v) is 15.0. The van der Waals surface area contributed by atoms with Crippen LogP contribution in [0.5, 0.6) is 5.75 Å². The Hall–Kier alpha value is -1.07. The van der Waals surface area contributed by atoms with Crippen molar-refractivity contribution in [3.05, 3.63) is 29.8 Å². The molecule has 0 aliphatic heterocycles. The highest BCUT2D eigenvalue weighted by Gasteiger charge is 2.05. The Labute approximate surface area is 141 Å². The van der Waals surface area contributed by atoms with E-state index >= 15 is 0 Å². The van der Waals surface area contributed by atoms with Crippen molar-refractivity contribution in [3.8, 4) is 5.75 Å². The van der Waals surface area contributed by atoms with E-state index in [0.29, 0.717) is 13.0 Å². The van der Waals surface area contributed by atoms with Crippen molar-refractivity contribution in [2.45, 2.75) is 64.7 Å². The quantitative estimate of drug-likeness (QED) is 0.419. The molecule has 0 heterocycles. The van der Waals surface area contributed by atoms with Crippen molar-refractivity contribution in [3.63, 3.8) is 0 Å². The van der Waals surface area contributed by atoms with Crippen LogP contribution in [0.2, 0.25) is 0 Å². The summed E-state index contributed by atoms with van der Waals surface area (Å²) in [6, 6.07) is 7.41. The molecule has 1 aromatic rings. The maximum absolute atomic E-state index is 10.8. The largest absolute Gasteiger partial charge is 0.494 e. The third-order valence-electron chi connectivity index (χ3n) is 3.81. The molecule has 0 saturated heterocycles. The van der Waals surface area contributed by atoms with E-state index in [-0.39, 0.29) is 5.75 Å². The van der Waals surface area contributed by atoms with Crippen LogP contribution in [0.15, 0.2) is 24.3 Å². The van der Waals surface area contributed by atoms with Crippen LogP contribution in [0.4, 0.5) is 0 Å². The highest BCUT2D eigenvalue weighted by Crippen LogP contribution is 2.15. The molecule has 0 bridgehead atoms. The van der Waals surface area contributed by atoms with Crippen LogP contribution in [0, 0.1) is 0 Å². The maximum atomic E-state index is 10.8. The monoisotopic (exact) mass is 342 g/mol. The molecule has 1 N–H and O–H groups in total. The summed E-state index contributed by atoms with van der Waals surface area (Å²) in [5.41, 5.74) is 0.857. The van der Waals surface area contributed by atoms with Gasteiger partial charge in [0, 0.05) is 0 Å². The van der Waals surface area contributed by atoms with Crippen molar-refractivity contribution >= 4 is 10.1 Å². The molecule has 1 rings (SSSR count). The molecule has 0 saturated carbocycles. The molecule has 0 fully saturated rings. The standard InChI is InChI=1S/C18H30O4S/c1-2-3-4-5-6-7-8-9-14-22-18-12-10-11-17(16-18)13-15-23(19,20)21/h10-12,16H,2-9,13-15H2,1H3,(H,19,20,21). The summed E-state index contributed by atoms with van der Waals surface area (Å²) in [6.45, 7) is 2.92. The van der Waals surface area contributed by atoms with Gasteiger partial charge in [-0.05, 0) is 30.5 Å². The van der Waals surface area contributed by atoms with E-state index in [4.69, 9.17) is 9.29 Å². The summed E-state index contributed by atoms with van der Waals surface area (Å²) in [6.07, 6.45) is 10.4. The molecule has 0 aromatic heterocycles. The van der Waals surface area contributed by atoms with Gasteiger partial charge in [-0.15, -0.1) is 0 Å². The molecule has 23 heavy (non-hydrogen) atoms. The Morgan fingerprint density at radius 2 is 1.65 bits per heavy atom. The molecule has 0 unspecified atom stereocenters. The van der Waals surface area contributed by atoms with Gasteiger partial charge in [0.15, 0.2) is 0 Å². The lowest BCUT2D eigenvalue weighted by Gasteiger charge is -2.08. The lowest BCUT2D eigenvalue weighted by atomic mass is 10.1. The average molecular weight is 343 g/mol. The minimum atomic E-state index is -3.91. The fourth-order valence-corrected chi connectivity index (χ4v) is 2.96. The summed E-state index contributed by atoms with van der Waals surface area (Å²) in [5, 5.41) is 0. The molecule has 0 amide bonds. The summed E-state index contributed by atoms with van der Waals surface area (Å²) < 4.78 is 36.0. The Bertz CT molecular complexity index is 526. The van der Waals surface area contributed by atoms with Gasteiger partial charge in [0.2, 0.25) is 0 Å². The maximum Gasteiger partial charge on any atom is 0.265 e. The van der Waals surface area contributed by atoms with E-state index in [9.17, 15) is 8.42 Å². The minimum Gasteiger partial charge on any atom is -0.494 e. The molecular weight excluding hydrogens is 312 g/mol. The third kappa shape index (κ3) is 11.2. The van der Waals surface area contributed by atoms with E-state index in [1.807, 2.05) is 24.3 Å². The van der Waals surface area contributed by atoms with Crippen LogP contribution in [0.25, 0.3) is 0 Å². The molecule has 0 radical (unpaired) electrons. The van der Waals surface area contributed by atoms with Crippen molar-refractivity contribution in [1.82, 2.24) is 0 Å². The summed E-state index contributed by atoms with van der Waals surface area (Å²) >= 11 is 0. The van der Waals surface area contributed by atoms with Crippen LogP contribution < -0.4 is 4.74 Å². The van der Waals surface area contributed by atoms with E-state index in [2.05, 4.69) is 6.92 Å². The van der Waals surface area contributed by atoms with Crippen LogP contribution in [-0.2, 0) is 16.5 Å². The lowest BCUT2D eigenvalue weighted by Crippen LogP contribution is -2.06. The number of unbranched alkanes of at least 4 members (excludes halogenated alkanes) is 7. The third-order valence-corrected chi connectivity index (χ3v) is 4.53. The number of hydrogen-bond donors (Lipinski definition) is 1. The first-order chi connectivity index (χ1) is 11.0. The fraction of sp³-hybridized carbons (Fsp3) is 0.667. The van der Waals surface area contributed by atoms with Gasteiger partial charge in [-0.1, -0.05) is 64.0 Å². The van der Waals surface area contributed by atoms with Crippen molar-refractivity contribution in [2.75, 3.05) is 12.4 Å². The molecule has 0 spiro atoms. The zero-order valence-electron chi connectivity index (χ0n) is 14.2.